The van der Waals surface area contributed by atoms with Crippen molar-refractivity contribution in [3.05, 3.63) is 0 Å². The fourth-order valence-electron chi connectivity index (χ4n) is 9.95. The van der Waals surface area contributed by atoms with E-state index in [9.17, 15) is 4.79 Å². The second kappa shape index (κ2) is 11.8. The lowest BCUT2D eigenvalue weighted by molar-refractivity contribution is -0.141. The maximum atomic E-state index is 12.0. The third kappa shape index (κ3) is 6.30. The lowest BCUT2D eigenvalue weighted by Gasteiger charge is -2.63. The first-order chi connectivity index (χ1) is 18.5. The molecule has 4 aliphatic carbocycles. The van der Waals surface area contributed by atoms with Crippen LogP contribution in [-0.4, -0.2) is 54.7 Å². The molecule has 0 aromatic rings. The Hall–Kier alpha value is -0.706. The molecule has 0 amide bonds. The number of nitrogens with zero attached hydrogens (tertiary/aromatic N) is 1. The first-order valence-electron chi connectivity index (χ1n) is 16.1. The number of rotatable bonds is 9. The van der Waals surface area contributed by atoms with Gasteiger partial charge in [-0.15, -0.1) is 0 Å². The summed E-state index contributed by atoms with van der Waals surface area (Å²) in [6.07, 6.45) is 10.2. The number of oxime groups is 1. The Morgan fingerprint density at radius 1 is 0.925 bits per heavy atom. The summed E-state index contributed by atoms with van der Waals surface area (Å²) in [5.41, 5.74) is 1.62. The number of hydrogen-bond donors (Lipinski definition) is 0. The van der Waals surface area contributed by atoms with Crippen LogP contribution in [0.3, 0.4) is 0 Å². The number of hydrogen-bond acceptors (Lipinski definition) is 6. The van der Waals surface area contributed by atoms with Gasteiger partial charge in [-0.05, 0) is 131 Å². The van der Waals surface area contributed by atoms with Crippen molar-refractivity contribution < 1.29 is 23.2 Å². The minimum Gasteiger partial charge on any atom is -0.469 e. The van der Waals surface area contributed by atoms with Crippen molar-refractivity contribution in [3.63, 3.8) is 0 Å². The third-order valence-corrected chi connectivity index (χ3v) is 13.5. The topological polar surface area (TPSA) is 66.4 Å². The van der Waals surface area contributed by atoms with Crippen LogP contribution in [0.1, 0.15) is 78.6 Å². The predicted molar refractivity (Wildman–Crippen MR) is 167 cm³/mol. The average Bonchev–Trinajstić information content (AvgIpc) is 3.20. The highest BCUT2D eigenvalue weighted by Crippen LogP contribution is 2.68. The summed E-state index contributed by atoms with van der Waals surface area (Å²) in [6.45, 7) is 21.4. The zero-order chi connectivity index (χ0) is 29.7. The largest absolute Gasteiger partial charge is 0.469 e. The number of carbonyl (C=O) groups excluding carboxylic acids is 1. The second-order valence-electron chi connectivity index (χ2n) is 16.1. The van der Waals surface area contributed by atoms with Crippen LogP contribution >= 0.6 is 0 Å². The van der Waals surface area contributed by atoms with Crippen LogP contribution in [0.5, 0.6) is 0 Å². The van der Waals surface area contributed by atoms with Crippen LogP contribution in [0.4, 0.5) is 0 Å². The van der Waals surface area contributed by atoms with Crippen molar-refractivity contribution in [2.45, 2.75) is 130 Å². The van der Waals surface area contributed by atoms with Crippen LogP contribution in [0.25, 0.3) is 0 Å². The Morgan fingerprint density at radius 2 is 1.55 bits per heavy atom. The molecule has 0 N–H and O–H groups in total. The zero-order valence-electron chi connectivity index (χ0n) is 27.5. The number of carbonyl (C=O) groups is 1. The molecule has 10 unspecified atom stereocenters. The normalized spacial score (nSPS) is 41.6. The number of esters is 1. The van der Waals surface area contributed by atoms with Crippen molar-refractivity contribution in [2.24, 2.45) is 51.5 Å². The third-order valence-electron chi connectivity index (χ3n) is 11.5. The molecule has 4 aliphatic rings. The van der Waals surface area contributed by atoms with Crippen molar-refractivity contribution in [1.82, 2.24) is 0 Å². The van der Waals surface area contributed by atoms with Crippen molar-refractivity contribution >= 4 is 28.3 Å². The van der Waals surface area contributed by atoms with E-state index in [1.54, 1.807) is 7.11 Å². The minimum atomic E-state index is -1.88. The van der Waals surface area contributed by atoms with Crippen molar-refractivity contribution in [1.29, 1.82) is 0 Å². The van der Waals surface area contributed by atoms with Gasteiger partial charge in [0.15, 0.2) is 16.6 Å². The van der Waals surface area contributed by atoms with Gasteiger partial charge in [0.2, 0.25) is 0 Å². The Labute approximate surface area is 247 Å². The molecule has 4 fully saturated rings. The molecule has 4 saturated carbocycles. The number of fused-ring (bicyclic) bond motifs is 5. The van der Waals surface area contributed by atoms with Crippen LogP contribution in [0, 0.1) is 46.3 Å². The van der Waals surface area contributed by atoms with E-state index < -0.39 is 16.6 Å². The molecule has 230 valence electrons. The standard InChI is InChI=1S/C32H59NO5Si2/c1-21(12-15-27(34)35-4)23-13-14-24-28-25(17-19-31(23,24)2)32(3)18-16-22(37-39(6,7)8)20-26(32)29(33-36-5)30(28)38-40(9,10)11/h21-26,28,30H,12-20H2,1-11H3/b33-29-. The van der Waals surface area contributed by atoms with E-state index in [1.807, 2.05) is 0 Å². The Kier molecular flexibility index (Phi) is 9.47. The van der Waals surface area contributed by atoms with E-state index in [-0.39, 0.29) is 22.9 Å². The molecule has 6 nitrogen and oxygen atoms in total. The summed E-state index contributed by atoms with van der Waals surface area (Å²) in [7, 11) is -0.310. The molecule has 10 atom stereocenters. The maximum absolute atomic E-state index is 12.0. The molecule has 0 heterocycles. The minimum absolute atomic E-state index is 0.0223. The van der Waals surface area contributed by atoms with Gasteiger partial charge in [-0.25, -0.2) is 0 Å². The summed E-state index contributed by atoms with van der Waals surface area (Å²) in [6, 6.07) is 0. The summed E-state index contributed by atoms with van der Waals surface area (Å²) in [5.74, 6) is 3.09. The molecule has 40 heavy (non-hydrogen) atoms. The molecule has 4 rings (SSSR count). The fourth-order valence-corrected chi connectivity index (χ4v) is 12.2. The van der Waals surface area contributed by atoms with E-state index >= 15 is 0 Å². The van der Waals surface area contributed by atoms with Crippen LogP contribution in [0.2, 0.25) is 39.3 Å². The van der Waals surface area contributed by atoms with E-state index in [1.165, 1.54) is 44.9 Å². The molecule has 0 spiro atoms. The van der Waals surface area contributed by atoms with E-state index in [2.05, 4.69) is 60.1 Å². The van der Waals surface area contributed by atoms with Gasteiger partial charge < -0.3 is 18.4 Å². The molecular weight excluding hydrogens is 535 g/mol. The smallest absolute Gasteiger partial charge is 0.305 e. The highest BCUT2D eigenvalue weighted by Gasteiger charge is 2.65. The van der Waals surface area contributed by atoms with Crippen LogP contribution in [0.15, 0.2) is 5.16 Å². The Bertz CT molecular complexity index is 945. The highest BCUT2D eigenvalue weighted by molar-refractivity contribution is 6.70. The number of methoxy groups -OCH3 is 1. The summed E-state index contributed by atoms with van der Waals surface area (Å²) >= 11 is 0. The molecule has 0 aromatic heterocycles. The Balaban J connectivity index is 1.70. The summed E-state index contributed by atoms with van der Waals surface area (Å²) in [4.78, 5) is 17.6. The lowest BCUT2D eigenvalue weighted by Crippen LogP contribution is -2.64. The zero-order valence-corrected chi connectivity index (χ0v) is 29.5. The molecule has 0 saturated heterocycles. The summed E-state index contributed by atoms with van der Waals surface area (Å²) in [5, 5.41) is 4.87. The van der Waals surface area contributed by atoms with Gasteiger partial charge in [0.25, 0.3) is 0 Å². The van der Waals surface area contributed by atoms with Gasteiger partial charge >= 0.3 is 5.97 Å². The predicted octanol–water partition coefficient (Wildman–Crippen LogP) is 7.90. The van der Waals surface area contributed by atoms with Crippen molar-refractivity contribution in [3.8, 4) is 0 Å². The molecule has 0 aromatic carbocycles. The molecule has 0 bridgehead atoms. The average molecular weight is 594 g/mol. The van der Waals surface area contributed by atoms with E-state index in [4.69, 9.17) is 23.6 Å². The first kappa shape index (κ1) is 32.2. The maximum Gasteiger partial charge on any atom is 0.305 e. The molecular formula is C32H59NO5Si2. The van der Waals surface area contributed by atoms with Gasteiger partial charge in [0.05, 0.1) is 18.9 Å². The first-order valence-corrected chi connectivity index (χ1v) is 22.9. The quantitative estimate of drug-likeness (QED) is 0.154. The fraction of sp³-hybridized carbons (Fsp3) is 0.938. The molecule has 0 radical (unpaired) electrons. The second-order valence-corrected chi connectivity index (χ2v) is 25.1. The molecule has 0 aliphatic heterocycles. The summed E-state index contributed by atoms with van der Waals surface area (Å²) < 4.78 is 18.9. The van der Waals surface area contributed by atoms with Crippen LogP contribution < -0.4 is 0 Å². The van der Waals surface area contributed by atoms with Gasteiger partial charge in [0, 0.05) is 18.4 Å². The Morgan fingerprint density at radius 3 is 2.15 bits per heavy atom. The monoisotopic (exact) mass is 593 g/mol. The van der Waals surface area contributed by atoms with E-state index in [0.717, 1.165) is 19.3 Å². The van der Waals surface area contributed by atoms with Crippen LogP contribution in [-0.2, 0) is 23.2 Å². The van der Waals surface area contributed by atoms with Gasteiger partial charge in [0.1, 0.15) is 7.11 Å². The lowest BCUT2D eigenvalue weighted by atomic mass is 9.43. The van der Waals surface area contributed by atoms with E-state index in [0.29, 0.717) is 48.0 Å². The van der Waals surface area contributed by atoms with Gasteiger partial charge in [-0.1, -0.05) is 25.9 Å². The number of ether oxygens (including phenoxy) is 1. The SMILES string of the molecule is CO/N=C1\C(O[Si](C)(C)C)C2C(CCC3(C)C(C(C)CCC(=O)OC)CCC23)C2(C)CCC(O[Si](C)(C)C)CC12. The molecule has 8 heteroatoms. The van der Waals surface area contributed by atoms with Gasteiger partial charge in [-0.3, -0.25) is 4.79 Å². The van der Waals surface area contributed by atoms with Gasteiger partial charge in [-0.2, -0.15) is 0 Å². The highest BCUT2D eigenvalue weighted by atomic mass is 28.4. The van der Waals surface area contributed by atoms with Crippen molar-refractivity contribution in [2.75, 3.05) is 14.2 Å².